The lowest BCUT2D eigenvalue weighted by Gasteiger charge is -2.30. The number of piperidine rings is 1. The number of carbonyl (C=O) groups excluding carboxylic acids is 2. The second-order valence-electron chi connectivity index (χ2n) is 7.46. The van der Waals surface area contributed by atoms with E-state index in [1.807, 2.05) is 0 Å². The van der Waals surface area contributed by atoms with Gasteiger partial charge in [0.15, 0.2) is 0 Å². The molecule has 10 heteroatoms. The van der Waals surface area contributed by atoms with Crippen LogP contribution in [0.4, 0.5) is 10.1 Å². The summed E-state index contributed by atoms with van der Waals surface area (Å²) in [5, 5.41) is 2.99. The Morgan fingerprint density at radius 3 is 2.44 bits per heavy atom. The number of rotatable bonds is 7. The average Bonchev–Trinajstić information content (AvgIpc) is 2.76. The molecule has 2 aromatic rings. The van der Waals surface area contributed by atoms with Crippen LogP contribution < -0.4 is 5.32 Å². The molecule has 0 saturated carbocycles. The molecule has 0 radical (unpaired) electrons. The van der Waals surface area contributed by atoms with Crippen molar-refractivity contribution in [1.82, 2.24) is 4.31 Å². The first-order valence-electron chi connectivity index (χ1n) is 10.2. The van der Waals surface area contributed by atoms with E-state index in [2.05, 4.69) is 5.32 Å². The van der Waals surface area contributed by atoms with Gasteiger partial charge in [-0.05, 0) is 55.7 Å². The van der Waals surface area contributed by atoms with Crippen LogP contribution in [0, 0.1) is 11.7 Å². The zero-order valence-electron chi connectivity index (χ0n) is 17.5. The first kappa shape index (κ1) is 24.2. The Labute approximate surface area is 191 Å². The third-order valence-corrected chi connectivity index (χ3v) is 7.39. The Morgan fingerprint density at radius 1 is 1.16 bits per heavy atom. The topological polar surface area (TPSA) is 92.8 Å². The Morgan fingerprint density at radius 2 is 1.81 bits per heavy atom. The van der Waals surface area contributed by atoms with E-state index >= 15 is 0 Å². The van der Waals surface area contributed by atoms with Crippen molar-refractivity contribution in [3.05, 3.63) is 64.4 Å². The highest BCUT2D eigenvalue weighted by Gasteiger charge is 2.31. The monoisotopic (exact) mass is 482 g/mol. The molecule has 1 saturated heterocycles. The van der Waals surface area contributed by atoms with Gasteiger partial charge in [-0.25, -0.2) is 21.9 Å². The molecule has 172 valence electrons. The summed E-state index contributed by atoms with van der Waals surface area (Å²) in [6.45, 7) is 2.32. The van der Waals surface area contributed by atoms with Gasteiger partial charge in [0, 0.05) is 24.7 Å². The maximum atomic E-state index is 13.0. The van der Waals surface area contributed by atoms with Crippen molar-refractivity contribution in [2.24, 2.45) is 5.92 Å². The molecule has 0 aromatic heterocycles. The fraction of sp³-hybridized carbons (Fsp3) is 0.364. The lowest BCUT2D eigenvalue weighted by Crippen LogP contribution is -2.41. The van der Waals surface area contributed by atoms with Crippen molar-refractivity contribution in [1.29, 1.82) is 0 Å². The van der Waals surface area contributed by atoms with Gasteiger partial charge in [-0.3, -0.25) is 4.79 Å². The number of nitrogens with zero attached hydrogens (tertiary/aromatic N) is 1. The van der Waals surface area contributed by atoms with Gasteiger partial charge in [0.05, 0.1) is 22.9 Å². The summed E-state index contributed by atoms with van der Waals surface area (Å²) in [4.78, 5) is 24.7. The van der Waals surface area contributed by atoms with Crippen LogP contribution in [-0.2, 0) is 25.3 Å². The Hall–Kier alpha value is -2.49. The summed E-state index contributed by atoms with van der Waals surface area (Å²) in [5.74, 6) is -1.83. The number of sulfonamides is 1. The Bertz CT molecular complexity index is 1080. The normalized spacial score (nSPS) is 15.3. The Balaban J connectivity index is 1.58. The third-order valence-electron chi connectivity index (χ3n) is 5.21. The van der Waals surface area contributed by atoms with Crippen LogP contribution in [-0.4, -0.2) is 44.3 Å². The lowest BCUT2D eigenvalue weighted by atomic mass is 9.97. The SMILES string of the molecule is CCOC(=O)c1cc(NC(=O)C2CCN(S(=O)(=O)Cc3ccc(F)cc3)CC2)ccc1Cl. The summed E-state index contributed by atoms with van der Waals surface area (Å²) in [6.07, 6.45) is 0.736. The number of nitrogens with one attached hydrogen (secondary N) is 1. The van der Waals surface area contributed by atoms with Gasteiger partial charge in [-0.2, -0.15) is 0 Å². The number of hydrogen-bond acceptors (Lipinski definition) is 5. The van der Waals surface area contributed by atoms with Crippen LogP contribution in [0.3, 0.4) is 0 Å². The van der Waals surface area contributed by atoms with Gasteiger partial charge in [-0.1, -0.05) is 23.7 Å². The Kier molecular flexibility index (Phi) is 7.86. The number of esters is 1. The molecule has 1 N–H and O–H groups in total. The highest BCUT2D eigenvalue weighted by Crippen LogP contribution is 2.25. The van der Waals surface area contributed by atoms with E-state index in [0.29, 0.717) is 24.1 Å². The molecule has 3 rings (SSSR count). The molecule has 0 bridgehead atoms. The zero-order valence-corrected chi connectivity index (χ0v) is 19.1. The van der Waals surface area contributed by atoms with Crippen molar-refractivity contribution in [3.63, 3.8) is 0 Å². The van der Waals surface area contributed by atoms with Crippen LogP contribution in [0.1, 0.15) is 35.7 Å². The molecule has 1 amide bonds. The predicted octanol–water partition coefficient (Wildman–Crippen LogP) is 3.84. The number of anilines is 1. The van der Waals surface area contributed by atoms with Gasteiger partial charge in [0.25, 0.3) is 0 Å². The summed E-state index contributed by atoms with van der Waals surface area (Å²) in [5.41, 5.74) is 1.08. The first-order valence-corrected chi connectivity index (χ1v) is 12.2. The number of amides is 1. The van der Waals surface area contributed by atoms with Crippen LogP contribution in [0.2, 0.25) is 5.02 Å². The number of benzene rings is 2. The maximum absolute atomic E-state index is 13.0. The van der Waals surface area contributed by atoms with E-state index in [-0.39, 0.29) is 47.9 Å². The zero-order chi connectivity index (χ0) is 23.3. The van der Waals surface area contributed by atoms with Gasteiger partial charge >= 0.3 is 5.97 Å². The van der Waals surface area contributed by atoms with Crippen molar-refractivity contribution in [2.45, 2.75) is 25.5 Å². The number of carbonyl (C=O) groups is 2. The van der Waals surface area contributed by atoms with Gasteiger partial charge < -0.3 is 10.1 Å². The standard InChI is InChI=1S/C22H24ClFN2O5S/c1-2-31-22(28)19-13-18(7-8-20(19)23)25-21(27)16-9-11-26(12-10-16)32(29,30)14-15-3-5-17(24)6-4-15/h3-8,13,16H,2,9-12,14H2,1H3,(H,25,27). The van der Waals surface area contributed by atoms with Crippen molar-refractivity contribution in [2.75, 3.05) is 25.0 Å². The minimum atomic E-state index is -3.57. The fourth-order valence-electron chi connectivity index (χ4n) is 3.49. The molecule has 0 unspecified atom stereocenters. The third kappa shape index (κ3) is 6.05. The molecule has 32 heavy (non-hydrogen) atoms. The van der Waals surface area contributed by atoms with E-state index in [4.69, 9.17) is 16.3 Å². The van der Waals surface area contributed by atoms with E-state index in [1.165, 1.54) is 40.7 Å². The van der Waals surface area contributed by atoms with Gasteiger partial charge in [0.1, 0.15) is 5.82 Å². The summed E-state index contributed by atoms with van der Waals surface area (Å²) in [6, 6.07) is 9.91. The van der Waals surface area contributed by atoms with E-state index < -0.39 is 21.8 Å². The van der Waals surface area contributed by atoms with Crippen LogP contribution >= 0.6 is 11.6 Å². The molecule has 0 atom stereocenters. The largest absolute Gasteiger partial charge is 0.462 e. The van der Waals surface area contributed by atoms with Crippen LogP contribution in [0.25, 0.3) is 0 Å². The van der Waals surface area contributed by atoms with Crippen molar-refractivity contribution in [3.8, 4) is 0 Å². The van der Waals surface area contributed by atoms with E-state index in [9.17, 15) is 22.4 Å². The minimum Gasteiger partial charge on any atom is -0.462 e. The highest BCUT2D eigenvalue weighted by atomic mass is 35.5. The summed E-state index contributed by atoms with van der Waals surface area (Å²) in [7, 11) is -3.57. The van der Waals surface area contributed by atoms with Crippen LogP contribution in [0.15, 0.2) is 42.5 Å². The smallest absolute Gasteiger partial charge is 0.339 e. The van der Waals surface area contributed by atoms with Gasteiger partial charge in [0.2, 0.25) is 15.9 Å². The summed E-state index contributed by atoms with van der Waals surface area (Å²) >= 11 is 6.04. The number of ether oxygens (including phenoxy) is 1. The molecule has 1 heterocycles. The average molecular weight is 483 g/mol. The molecular weight excluding hydrogens is 459 g/mol. The first-order chi connectivity index (χ1) is 15.2. The quantitative estimate of drug-likeness (QED) is 0.605. The minimum absolute atomic E-state index is 0.160. The molecular formula is C22H24ClFN2O5S. The fourth-order valence-corrected chi connectivity index (χ4v) is 5.25. The van der Waals surface area contributed by atoms with Crippen molar-refractivity contribution < 1.29 is 27.1 Å². The molecule has 1 aliphatic heterocycles. The molecule has 0 aliphatic carbocycles. The summed E-state index contributed by atoms with van der Waals surface area (Å²) < 4.78 is 44.7. The van der Waals surface area contributed by atoms with Crippen LogP contribution in [0.5, 0.6) is 0 Å². The maximum Gasteiger partial charge on any atom is 0.339 e. The predicted molar refractivity (Wildman–Crippen MR) is 119 cm³/mol. The molecule has 7 nitrogen and oxygen atoms in total. The molecule has 0 spiro atoms. The van der Waals surface area contributed by atoms with E-state index in [0.717, 1.165) is 0 Å². The van der Waals surface area contributed by atoms with Gasteiger partial charge in [-0.15, -0.1) is 0 Å². The second kappa shape index (κ2) is 10.4. The highest BCUT2D eigenvalue weighted by molar-refractivity contribution is 7.88. The second-order valence-corrected chi connectivity index (χ2v) is 9.84. The molecule has 1 aliphatic rings. The number of halogens is 2. The van der Waals surface area contributed by atoms with E-state index in [1.54, 1.807) is 13.0 Å². The number of hydrogen-bond donors (Lipinski definition) is 1. The molecule has 1 fully saturated rings. The molecule has 2 aromatic carbocycles. The lowest BCUT2D eigenvalue weighted by molar-refractivity contribution is -0.120. The van der Waals surface area contributed by atoms with Crippen molar-refractivity contribution >= 4 is 39.2 Å².